The average Bonchev–Trinajstić information content (AvgIpc) is 2.81. The summed E-state index contributed by atoms with van der Waals surface area (Å²) in [6.07, 6.45) is 6.21. The SMILES string of the molecule is CC1CC(CNC2CC2)CC(C)O1. The molecule has 2 fully saturated rings. The van der Waals surface area contributed by atoms with Crippen LogP contribution in [0.1, 0.15) is 39.5 Å². The van der Waals surface area contributed by atoms with Gasteiger partial charge in [-0.25, -0.2) is 0 Å². The molecule has 1 aliphatic carbocycles. The van der Waals surface area contributed by atoms with Gasteiger partial charge in [0.05, 0.1) is 12.2 Å². The second kappa shape index (κ2) is 3.97. The summed E-state index contributed by atoms with van der Waals surface area (Å²) in [6.45, 7) is 5.60. The first kappa shape index (κ1) is 9.47. The lowest BCUT2D eigenvalue weighted by Gasteiger charge is -2.32. The molecule has 1 N–H and O–H groups in total. The van der Waals surface area contributed by atoms with E-state index in [1.54, 1.807) is 0 Å². The molecule has 2 aliphatic rings. The third kappa shape index (κ3) is 2.96. The highest BCUT2D eigenvalue weighted by molar-refractivity contribution is 4.83. The Morgan fingerprint density at radius 2 is 1.77 bits per heavy atom. The lowest BCUT2D eigenvalue weighted by molar-refractivity contribution is -0.0516. The minimum atomic E-state index is 0.467. The van der Waals surface area contributed by atoms with E-state index >= 15 is 0 Å². The summed E-state index contributed by atoms with van der Waals surface area (Å²) < 4.78 is 5.71. The molecule has 0 radical (unpaired) electrons. The largest absolute Gasteiger partial charge is 0.376 e. The third-order valence-corrected chi connectivity index (χ3v) is 3.07. The van der Waals surface area contributed by atoms with E-state index in [1.165, 1.54) is 32.2 Å². The van der Waals surface area contributed by atoms with Gasteiger partial charge < -0.3 is 10.1 Å². The maximum atomic E-state index is 5.71. The maximum Gasteiger partial charge on any atom is 0.0553 e. The molecule has 0 spiro atoms. The van der Waals surface area contributed by atoms with Crippen LogP contribution >= 0.6 is 0 Å². The van der Waals surface area contributed by atoms with Crippen molar-refractivity contribution in [3.63, 3.8) is 0 Å². The Morgan fingerprint density at radius 3 is 2.31 bits per heavy atom. The van der Waals surface area contributed by atoms with E-state index in [0.717, 1.165) is 12.0 Å². The van der Waals surface area contributed by atoms with Crippen LogP contribution in [-0.2, 0) is 4.74 Å². The van der Waals surface area contributed by atoms with Crippen LogP contribution in [0.4, 0.5) is 0 Å². The topological polar surface area (TPSA) is 21.3 Å². The Hall–Kier alpha value is -0.0800. The first-order valence-electron chi connectivity index (χ1n) is 5.63. The second-order valence-electron chi connectivity index (χ2n) is 4.78. The molecule has 2 heteroatoms. The van der Waals surface area contributed by atoms with Crippen molar-refractivity contribution in [1.29, 1.82) is 0 Å². The highest BCUT2D eigenvalue weighted by Crippen LogP contribution is 2.25. The van der Waals surface area contributed by atoms with E-state index in [4.69, 9.17) is 4.74 Å². The van der Waals surface area contributed by atoms with Gasteiger partial charge in [-0.1, -0.05) is 0 Å². The molecule has 1 saturated heterocycles. The summed E-state index contributed by atoms with van der Waals surface area (Å²) in [4.78, 5) is 0. The fraction of sp³-hybridized carbons (Fsp3) is 1.00. The Morgan fingerprint density at radius 1 is 1.15 bits per heavy atom. The van der Waals surface area contributed by atoms with Gasteiger partial charge in [-0.05, 0) is 52.0 Å². The predicted octanol–water partition coefficient (Wildman–Crippen LogP) is 1.94. The summed E-state index contributed by atoms with van der Waals surface area (Å²) in [7, 11) is 0. The molecule has 2 unspecified atom stereocenters. The Balaban J connectivity index is 1.70. The first-order valence-corrected chi connectivity index (χ1v) is 5.63. The molecule has 13 heavy (non-hydrogen) atoms. The molecule has 0 aromatic rings. The van der Waals surface area contributed by atoms with Crippen molar-refractivity contribution in [3.8, 4) is 0 Å². The fourth-order valence-electron chi connectivity index (χ4n) is 2.33. The van der Waals surface area contributed by atoms with E-state index in [-0.39, 0.29) is 0 Å². The van der Waals surface area contributed by atoms with Crippen LogP contribution in [0.15, 0.2) is 0 Å². The zero-order valence-corrected chi connectivity index (χ0v) is 8.75. The van der Waals surface area contributed by atoms with E-state index in [0.29, 0.717) is 12.2 Å². The van der Waals surface area contributed by atoms with E-state index < -0.39 is 0 Å². The van der Waals surface area contributed by atoms with Gasteiger partial charge in [0, 0.05) is 6.04 Å². The lowest BCUT2D eigenvalue weighted by atomic mass is 9.92. The van der Waals surface area contributed by atoms with Crippen molar-refractivity contribution < 1.29 is 4.74 Å². The van der Waals surface area contributed by atoms with Crippen LogP contribution in [0.25, 0.3) is 0 Å². The van der Waals surface area contributed by atoms with Crippen molar-refractivity contribution >= 4 is 0 Å². The van der Waals surface area contributed by atoms with Gasteiger partial charge in [-0.3, -0.25) is 0 Å². The molecule has 0 bridgehead atoms. The van der Waals surface area contributed by atoms with Gasteiger partial charge in [0.15, 0.2) is 0 Å². The normalized spacial score (nSPS) is 40.6. The number of nitrogens with one attached hydrogen (secondary N) is 1. The molecule has 0 amide bonds. The van der Waals surface area contributed by atoms with Gasteiger partial charge >= 0.3 is 0 Å². The third-order valence-electron chi connectivity index (χ3n) is 3.07. The van der Waals surface area contributed by atoms with Crippen LogP contribution in [0.3, 0.4) is 0 Å². The van der Waals surface area contributed by atoms with Crippen molar-refractivity contribution in [2.45, 2.75) is 57.8 Å². The Bertz CT molecular complexity index is 157. The van der Waals surface area contributed by atoms with Crippen molar-refractivity contribution in [3.05, 3.63) is 0 Å². The summed E-state index contributed by atoms with van der Waals surface area (Å²) in [5.74, 6) is 0.847. The molecule has 1 heterocycles. The van der Waals surface area contributed by atoms with Crippen LogP contribution in [0, 0.1) is 5.92 Å². The molecular formula is C11H21NO. The standard InChI is InChI=1S/C11H21NO/c1-8-5-10(6-9(2)13-8)7-12-11-3-4-11/h8-12H,3-7H2,1-2H3. The molecule has 1 aliphatic heterocycles. The van der Waals surface area contributed by atoms with Gasteiger partial charge in [0.1, 0.15) is 0 Å². The Labute approximate surface area is 81.0 Å². The monoisotopic (exact) mass is 183 g/mol. The van der Waals surface area contributed by atoms with Crippen LogP contribution in [0.2, 0.25) is 0 Å². The highest BCUT2D eigenvalue weighted by Gasteiger charge is 2.26. The second-order valence-corrected chi connectivity index (χ2v) is 4.78. The zero-order chi connectivity index (χ0) is 9.26. The van der Waals surface area contributed by atoms with Gasteiger partial charge in [0.2, 0.25) is 0 Å². The van der Waals surface area contributed by atoms with Crippen molar-refractivity contribution in [2.24, 2.45) is 5.92 Å². The van der Waals surface area contributed by atoms with Gasteiger partial charge in [-0.15, -0.1) is 0 Å². The van der Waals surface area contributed by atoms with E-state index in [9.17, 15) is 0 Å². The summed E-state index contributed by atoms with van der Waals surface area (Å²) in [5.41, 5.74) is 0. The molecule has 2 atom stereocenters. The number of hydrogen-bond donors (Lipinski definition) is 1. The number of rotatable bonds is 3. The lowest BCUT2D eigenvalue weighted by Crippen LogP contribution is -2.35. The maximum absolute atomic E-state index is 5.71. The predicted molar refractivity (Wildman–Crippen MR) is 53.8 cm³/mol. The molecule has 1 saturated carbocycles. The van der Waals surface area contributed by atoms with E-state index in [1.807, 2.05) is 0 Å². The summed E-state index contributed by atoms with van der Waals surface area (Å²) in [5, 5.41) is 3.61. The average molecular weight is 183 g/mol. The first-order chi connectivity index (χ1) is 6.24. The fourth-order valence-corrected chi connectivity index (χ4v) is 2.33. The number of hydrogen-bond acceptors (Lipinski definition) is 2. The minimum absolute atomic E-state index is 0.467. The molecule has 0 aromatic carbocycles. The highest BCUT2D eigenvalue weighted by atomic mass is 16.5. The molecule has 76 valence electrons. The van der Waals surface area contributed by atoms with Crippen LogP contribution in [0.5, 0.6) is 0 Å². The van der Waals surface area contributed by atoms with Gasteiger partial charge in [-0.2, -0.15) is 0 Å². The molecule has 2 rings (SSSR count). The van der Waals surface area contributed by atoms with Crippen LogP contribution in [-0.4, -0.2) is 24.8 Å². The minimum Gasteiger partial charge on any atom is -0.376 e. The smallest absolute Gasteiger partial charge is 0.0553 e. The Kier molecular flexibility index (Phi) is 2.89. The molecule has 0 aromatic heterocycles. The summed E-state index contributed by atoms with van der Waals surface area (Å²) in [6, 6.07) is 0.855. The molecular weight excluding hydrogens is 162 g/mol. The summed E-state index contributed by atoms with van der Waals surface area (Å²) >= 11 is 0. The van der Waals surface area contributed by atoms with Crippen molar-refractivity contribution in [1.82, 2.24) is 5.32 Å². The zero-order valence-electron chi connectivity index (χ0n) is 8.75. The molecule has 2 nitrogen and oxygen atoms in total. The van der Waals surface area contributed by atoms with Crippen LogP contribution < -0.4 is 5.32 Å². The van der Waals surface area contributed by atoms with E-state index in [2.05, 4.69) is 19.2 Å². The van der Waals surface area contributed by atoms with Gasteiger partial charge in [0.25, 0.3) is 0 Å². The quantitative estimate of drug-likeness (QED) is 0.722. The van der Waals surface area contributed by atoms with Crippen molar-refractivity contribution in [2.75, 3.05) is 6.54 Å². The number of ether oxygens (including phenoxy) is 1.